The van der Waals surface area contributed by atoms with E-state index in [2.05, 4.69) is 25.9 Å². The summed E-state index contributed by atoms with van der Waals surface area (Å²) in [5.74, 6) is 0. The maximum Gasteiger partial charge on any atom is 0.0834 e. The lowest BCUT2D eigenvalue weighted by atomic mass is 10.1. The van der Waals surface area contributed by atoms with Gasteiger partial charge in [-0.2, -0.15) is 5.10 Å². The minimum absolute atomic E-state index is 0.102. The van der Waals surface area contributed by atoms with Crippen molar-refractivity contribution in [1.82, 2.24) is 9.78 Å². The molecular formula is C10H18N2O. The van der Waals surface area contributed by atoms with Gasteiger partial charge in [-0.3, -0.25) is 4.68 Å². The molecule has 1 atom stereocenters. The van der Waals surface area contributed by atoms with Crippen LogP contribution in [0.3, 0.4) is 0 Å². The fourth-order valence-corrected chi connectivity index (χ4v) is 1.25. The Bertz CT molecular complexity index is 273. The Balaban J connectivity index is 2.64. The van der Waals surface area contributed by atoms with Crippen LogP contribution in [0.15, 0.2) is 12.4 Å². The third-order valence-electron chi connectivity index (χ3n) is 1.72. The summed E-state index contributed by atoms with van der Waals surface area (Å²) in [7, 11) is 1.91. The quantitative estimate of drug-likeness (QED) is 0.701. The van der Waals surface area contributed by atoms with Crippen LogP contribution in [0.25, 0.3) is 0 Å². The topological polar surface area (TPSA) is 27.1 Å². The van der Waals surface area contributed by atoms with Crippen molar-refractivity contribution < 1.29 is 4.74 Å². The second kappa shape index (κ2) is 3.50. The Morgan fingerprint density at radius 3 is 2.46 bits per heavy atom. The molecule has 0 amide bonds. The first-order chi connectivity index (χ1) is 5.88. The van der Waals surface area contributed by atoms with E-state index in [1.165, 1.54) is 0 Å². The van der Waals surface area contributed by atoms with Gasteiger partial charge in [-0.1, -0.05) is 0 Å². The molecule has 1 heterocycles. The Kier molecular flexibility index (Phi) is 2.76. The largest absolute Gasteiger partial charge is 0.368 e. The van der Waals surface area contributed by atoms with Crippen LogP contribution in [0.1, 0.15) is 39.4 Å². The zero-order valence-electron chi connectivity index (χ0n) is 9.03. The van der Waals surface area contributed by atoms with Crippen LogP contribution in [0.5, 0.6) is 0 Å². The number of hydrogen-bond acceptors (Lipinski definition) is 2. The van der Waals surface area contributed by atoms with Crippen LogP contribution in [-0.4, -0.2) is 15.4 Å². The van der Waals surface area contributed by atoms with Crippen LogP contribution in [0.4, 0.5) is 0 Å². The van der Waals surface area contributed by atoms with E-state index in [0.29, 0.717) is 0 Å². The normalized spacial score (nSPS) is 14.5. The fraction of sp³-hybridized carbons (Fsp3) is 0.700. The van der Waals surface area contributed by atoms with Gasteiger partial charge in [0.1, 0.15) is 0 Å². The lowest BCUT2D eigenvalue weighted by Crippen LogP contribution is -2.21. The maximum atomic E-state index is 5.78. The van der Waals surface area contributed by atoms with Gasteiger partial charge in [0.25, 0.3) is 0 Å². The van der Waals surface area contributed by atoms with E-state index in [0.717, 1.165) is 5.56 Å². The molecule has 0 bridgehead atoms. The van der Waals surface area contributed by atoms with Crippen molar-refractivity contribution in [2.75, 3.05) is 0 Å². The monoisotopic (exact) mass is 182 g/mol. The molecule has 0 saturated heterocycles. The summed E-state index contributed by atoms with van der Waals surface area (Å²) >= 11 is 0. The van der Waals surface area contributed by atoms with E-state index in [1.54, 1.807) is 4.68 Å². The van der Waals surface area contributed by atoms with E-state index < -0.39 is 0 Å². The van der Waals surface area contributed by atoms with Crippen molar-refractivity contribution in [3.05, 3.63) is 18.0 Å². The zero-order chi connectivity index (χ0) is 10.1. The van der Waals surface area contributed by atoms with Crippen LogP contribution < -0.4 is 0 Å². The van der Waals surface area contributed by atoms with Crippen molar-refractivity contribution in [2.45, 2.75) is 39.4 Å². The molecule has 0 fully saturated rings. The molecule has 3 heteroatoms. The summed E-state index contributed by atoms with van der Waals surface area (Å²) in [5.41, 5.74) is 1.02. The van der Waals surface area contributed by atoms with Gasteiger partial charge < -0.3 is 4.74 Å². The third kappa shape index (κ3) is 3.19. The predicted octanol–water partition coefficient (Wildman–Crippen LogP) is 2.30. The molecule has 0 aliphatic carbocycles. The molecule has 0 saturated carbocycles. The summed E-state index contributed by atoms with van der Waals surface area (Å²) in [6.45, 7) is 8.21. The standard InChI is InChI=1S/C10H18N2O/c1-8(13-10(2,3)4)9-6-11-12(5)7-9/h6-8H,1-5H3. The molecule has 0 aliphatic rings. The van der Waals surface area contributed by atoms with E-state index in [-0.39, 0.29) is 11.7 Å². The Hall–Kier alpha value is -0.830. The molecule has 3 nitrogen and oxygen atoms in total. The number of rotatable bonds is 2. The molecule has 1 rings (SSSR count). The first-order valence-corrected chi connectivity index (χ1v) is 4.55. The summed E-state index contributed by atoms with van der Waals surface area (Å²) in [6, 6.07) is 0. The predicted molar refractivity (Wildman–Crippen MR) is 52.5 cm³/mol. The number of aryl methyl sites for hydroxylation is 1. The molecule has 0 N–H and O–H groups in total. The molecule has 0 aliphatic heterocycles. The Labute approximate surface area is 79.7 Å². The molecule has 1 unspecified atom stereocenters. The molecule has 0 aromatic carbocycles. The average molecular weight is 182 g/mol. The maximum absolute atomic E-state index is 5.78. The van der Waals surface area contributed by atoms with Crippen molar-refractivity contribution in [3.63, 3.8) is 0 Å². The van der Waals surface area contributed by atoms with Gasteiger partial charge >= 0.3 is 0 Å². The van der Waals surface area contributed by atoms with Crippen LogP contribution in [0.2, 0.25) is 0 Å². The van der Waals surface area contributed by atoms with Gasteiger partial charge in [0.15, 0.2) is 0 Å². The third-order valence-corrected chi connectivity index (χ3v) is 1.72. The molecule has 0 spiro atoms. The van der Waals surface area contributed by atoms with Crippen LogP contribution in [0, 0.1) is 0 Å². The highest BCUT2D eigenvalue weighted by Gasteiger charge is 2.17. The SMILES string of the molecule is CC(OC(C)(C)C)c1cnn(C)c1. The zero-order valence-corrected chi connectivity index (χ0v) is 9.03. The van der Waals surface area contributed by atoms with Gasteiger partial charge in [-0.25, -0.2) is 0 Å². The van der Waals surface area contributed by atoms with Gasteiger partial charge in [-0.15, -0.1) is 0 Å². The number of hydrogen-bond donors (Lipinski definition) is 0. The van der Waals surface area contributed by atoms with Crippen LogP contribution in [-0.2, 0) is 11.8 Å². The first kappa shape index (κ1) is 10.3. The molecule has 74 valence electrons. The number of aromatic nitrogens is 2. The van der Waals surface area contributed by atoms with Gasteiger partial charge in [0.05, 0.1) is 17.9 Å². The molecule has 1 aromatic rings. The molecule has 1 aromatic heterocycles. The van der Waals surface area contributed by atoms with Crippen LogP contribution >= 0.6 is 0 Å². The summed E-state index contributed by atoms with van der Waals surface area (Å²) in [5, 5.41) is 4.10. The molecule has 13 heavy (non-hydrogen) atoms. The highest BCUT2D eigenvalue weighted by Crippen LogP contribution is 2.22. The lowest BCUT2D eigenvalue weighted by molar-refractivity contribution is -0.0529. The Morgan fingerprint density at radius 1 is 1.46 bits per heavy atom. The van der Waals surface area contributed by atoms with E-state index in [1.807, 2.05) is 26.4 Å². The number of nitrogens with zero attached hydrogens (tertiary/aromatic N) is 2. The van der Waals surface area contributed by atoms with Gasteiger partial charge in [-0.05, 0) is 27.7 Å². The minimum Gasteiger partial charge on any atom is -0.368 e. The minimum atomic E-state index is -0.102. The highest BCUT2D eigenvalue weighted by atomic mass is 16.5. The van der Waals surface area contributed by atoms with E-state index in [4.69, 9.17) is 4.74 Å². The fourth-order valence-electron chi connectivity index (χ4n) is 1.25. The number of ether oxygens (including phenoxy) is 1. The second-order valence-electron chi connectivity index (χ2n) is 4.32. The van der Waals surface area contributed by atoms with Crippen molar-refractivity contribution >= 4 is 0 Å². The van der Waals surface area contributed by atoms with Crippen molar-refractivity contribution in [1.29, 1.82) is 0 Å². The van der Waals surface area contributed by atoms with E-state index >= 15 is 0 Å². The smallest absolute Gasteiger partial charge is 0.0834 e. The summed E-state index contributed by atoms with van der Waals surface area (Å²) in [4.78, 5) is 0. The van der Waals surface area contributed by atoms with Gasteiger partial charge in [0.2, 0.25) is 0 Å². The highest BCUT2D eigenvalue weighted by molar-refractivity contribution is 5.07. The molecule has 0 radical (unpaired) electrons. The van der Waals surface area contributed by atoms with E-state index in [9.17, 15) is 0 Å². The summed E-state index contributed by atoms with van der Waals surface area (Å²) in [6.07, 6.45) is 3.93. The van der Waals surface area contributed by atoms with Crippen molar-refractivity contribution in [2.24, 2.45) is 7.05 Å². The first-order valence-electron chi connectivity index (χ1n) is 4.55. The molecular weight excluding hydrogens is 164 g/mol. The average Bonchev–Trinajstić information content (AvgIpc) is 2.31. The van der Waals surface area contributed by atoms with Crippen molar-refractivity contribution in [3.8, 4) is 0 Å². The summed E-state index contributed by atoms with van der Waals surface area (Å²) < 4.78 is 7.57. The van der Waals surface area contributed by atoms with Gasteiger partial charge in [0, 0.05) is 18.8 Å². The Morgan fingerprint density at radius 2 is 2.08 bits per heavy atom. The lowest BCUT2D eigenvalue weighted by Gasteiger charge is -2.24. The second-order valence-corrected chi connectivity index (χ2v) is 4.32.